The number of amides is 1. The van der Waals surface area contributed by atoms with Gasteiger partial charge in [0.2, 0.25) is 12.4 Å². The van der Waals surface area contributed by atoms with Crippen LogP contribution in [-0.4, -0.2) is 61.7 Å². The van der Waals surface area contributed by atoms with Crippen molar-refractivity contribution < 1.29 is 14.3 Å². The Labute approximate surface area is 152 Å². The lowest BCUT2D eigenvalue weighted by Crippen LogP contribution is -2.46. The van der Waals surface area contributed by atoms with Crippen molar-refractivity contribution in [2.75, 3.05) is 50.6 Å². The fourth-order valence-corrected chi connectivity index (χ4v) is 2.81. The zero-order chi connectivity index (χ0) is 18.4. The largest absolute Gasteiger partial charge is 0.493 e. The van der Waals surface area contributed by atoms with E-state index in [-0.39, 0.29) is 0 Å². The molecule has 1 saturated heterocycles. The van der Waals surface area contributed by atoms with Gasteiger partial charge in [-0.3, -0.25) is 4.79 Å². The third-order valence-electron chi connectivity index (χ3n) is 4.31. The van der Waals surface area contributed by atoms with E-state index in [1.807, 2.05) is 24.3 Å². The number of benzene rings is 1. The number of carbonyl (C=O) groups excluding carboxylic acids is 1. The Kier molecular flexibility index (Phi) is 5.73. The van der Waals surface area contributed by atoms with Crippen LogP contribution in [0.4, 0.5) is 11.8 Å². The van der Waals surface area contributed by atoms with Crippen molar-refractivity contribution in [2.24, 2.45) is 0 Å². The fraction of sp³-hybridized carbons (Fsp3) is 0.389. The fourth-order valence-electron chi connectivity index (χ4n) is 2.81. The number of hydrogen-bond acceptors (Lipinski definition) is 7. The first kappa shape index (κ1) is 17.8. The molecule has 1 N–H and O–H groups in total. The van der Waals surface area contributed by atoms with E-state index < -0.39 is 0 Å². The third kappa shape index (κ3) is 4.14. The van der Waals surface area contributed by atoms with Gasteiger partial charge in [0.25, 0.3) is 0 Å². The van der Waals surface area contributed by atoms with E-state index in [0.717, 1.165) is 30.9 Å². The molecule has 0 atom stereocenters. The highest BCUT2D eigenvalue weighted by atomic mass is 16.5. The van der Waals surface area contributed by atoms with Gasteiger partial charge in [0.05, 0.1) is 14.2 Å². The van der Waals surface area contributed by atoms with Crippen molar-refractivity contribution in [3.8, 4) is 11.5 Å². The molecule has 0 spiro atoms. The van der Waals surface area contributed by atoms with E-state index in [2.05, 4.69) is 20.2 Å². The van der Waals surface area contributed by atoms with E-state index in [0.29, 0.717) is 37.1 Å². The minimum atomic E-state index is 0.607. The summed E-state index contributed by atoms with van der Waals surface area (Å²) in [4.78, 5) is 23.6. The summed E-state index contributed by atoms with van der Waals surface area (Å²) in [6, 6.07) is 7.64. The number of nitrogens with one attached hydrogen (secondary N) is 1. The number of rotatable bonds is 7. The van der Waals surface area contributed by atoms with Gasteiger partial charge in [0, 0.05) is 38.9 Å². The average Bonchev–Trinajstić information content (AvgIpc) is 2.72. The van der Waals surface area contributed by atoms with Crippen molar-refractivity contribution in [3.05, 3.63) is 36.0 Å². The number of carbonyl (C=O) groups is 1. The minimum absolute atomic E-state index is 0.607. The highest BCUT2D eigenvalue weighted by Gasteiger charge is 2.17. The van der Waals surface area contributed by atoms with Gasteiger partial charge in [-0.05, 0) is 23.8 Å². The maximum Gasteiger partial charge on any atom is 0.227 e. The van der Waals surface area contributed by atoms with Crippen LogP contribution in [0.25, 0.3) is 0 Å². The molecule has 3 rings (SSSR count). The second-order valence-electron chi connectivity index (χ2n) is 5.91. The van der Waals surface area contributed by atoms with Gasteiger partial charge in [-0.2, -0.15) is 4.98 Å². The summed E-state index contributed by atoms with van der Waals surface area (Å²) < 4.78 is 10.6. The first-order chi connectivity index (χ1) is 12.7. The summed E-state index contributed by atoms with van der Waals surface area (Å²) in [5, 5.41) is 3.31. The van der Waals surface area contributed by atoms with Gasteiger partial charge in [0.15, 0.2) is 11.5 Å². The molecule has 1 amide bonds. The Balaban J connectivity index is 1.63. The highest BCUT2D eigenvalue weighted by Crippen LogP contribution is 2.27. The molecule has 0 aliphatic carbocycles. The zero-order valence-electron chi connectivity index (χ0n) is 15.0. The number of ether oxygens (including phenoxy) is 2. The van der Waals surface area contributed by atoms with Gasteiger partial charge >= 0.3 is 0 Å². The molecule has 26 heavy (non-hydrogen) atoms. The first-order valence-corrected chi connectivity index (χ1v) is 8.45. The summed E-state index contributed by atoms with van der Waals surface area (Å²) in [5.41, 5.74) is 1.06. The van der Waals surface area contributed by atoms with Crippen LogP contribution in [0.5, 0.6) is 11.5 Å². The molecule has 138 valence electrons. The molecular formula is C18H23N5O3. The maximum absolute atomic E-state index is 10.8. The summed E-state index contributed by atoms with van der Waals surface area (Å²) in [6.45, 7) is 3.46. The van der Waals surface area contributed by atoms with Gasteiger partial charge in [0.1, 0.15) is 5.82 Å². The predicted octanol–water partition coefficient (Wildman–Crippen LogP) is 1.38. The SMILES string of the molecule is COc1ccc(CNc2ccnc(N3CCN(C=O)CC3)n2)cc1OC. The Morgan fingerprint density at radius 2 is 1.88 bits per heavy atom. The molecule has 8 heteroatoms. The number of aromatic nitrogens is 2. The normalized spacial score (nSPS) is 14.1. The monoisotopic (exact) mass is 357 g/mol. The molecular weight excluding hydrogens is 334 g/mol. The molecule has 1 fully saturated rings. The van der Waals surface area contributed by atoms with Gasteiger partial charge in [-0.25, -0.2) is 4.98 Å². The van der Waals surface area contributed by atoms with Crippen LogP contribution in [0.2, 0.25) is 0 Å². The minimum Gasteiger partial charge on any atom is -0.493 e. The van der Waals surface area contributed by atoms with Crippen LogP contribution >= 0.6 is 0 Å². The van der Waals surface area contributed by atoms with Crippen LogP contribution in [0, 0.1) is 0 Å². The van der Waals surface area contributed by atoms with Crippen molar-refractivity contribution in [2.45, 2.75) is 6.54 Å². The second kappa shape index (κ2) is 8.37. The van der Waals surface area contributed by atoms with Crippen molar-refractivity contribution in [3.63, 3.8) is 0 Å². The number of hydrogen-bond donors (Lipinski definition) is 1. The summed E-state index contributed by atoms with van der Waals surface area (Å²) >= 11 is 0. The quantitative estimate of drug-likeness (QED) is 0.750. The van der Waals surface area contributed by atoms with Crippen molar-refractivity contribution >= 4 is 18.2 Å². The highest BCUT2D eigenvalue weighted by molar-refractivity contribution is 5.49. The molecule has 0 unspecified atom stereocenters. The second-order valence-corrected chi connectivity index (χ2v) is 5.91. The van der Waals surface area contributed by atoms with E-state index in [9.17, 15) is 4.79 Å². The lowest BCUT2D eigenvalue weighted by atomic mass is 10.2. The van der Waals surface area contributed by atoms with E-state index in [4.69, 9.17) is 9.47 Å². The standard InChI is InChI=1S/C18H23N5O3/c1-25-15-4-3-14(11-16(15)26-2)12-20-17-5-6-19-18(21-17)23-9-7-22(13-24)8-10-23/h3-6,11,13H,7-10,12H2,1-2H3,(H,19,20,21). The van der Waals surface area contributed by atoms with Crippen LogP contribution in [-0.2, 0) is 11.3 Å². The molecule has 1 aromatic heterocycles. The topological polar surface area (TPSA) is 79.8 Å². The molecule has 0 bridgehead atoms. The number of methoxy groups -OCH3 is 2. The molecule has 0 saturated carbocycles. The number of anilines is 2. The van der Waals surface area contributed by atoms with Crippen LogP contribution in [0.3, 0.4) is 0 Å². The molecule has 2 heterocycles. The number of nitrogens with zero attached hydrogens (tertiary/aromatic N) is 4. The Morgan fingerprint density at radius 1 is 1.12 bits per heavy atom. The smallest absolute Gasteiger partial charge is 0.227 e. The summed E-state index contributed by atoms with van der Waals surface area (Å²) in [7, 11) is 3.24. The van der Waals surface area contributed by atoms with Gasteiger partial charge in [-0.1, -0.05) is 6.07 Å². The third-order valence-corrected chi connectivity index (χ3v) is 4.31. The maximum atomic E-state index is 10.8. The van der Waals surface area contributed by atoms with Crippen LogP contribution < -0.4 is 19.7 Å². The first-order valence-electron chi connectivity index (χ1n) is 8.45. The van der Waals surface area contributed by atoms with Crippen LogP contribution in [0.1, 0.15) is 5.56 Å². The predicted molar refractivity (Wildman–Crippen MR) is 98.8 cm³/mol. The van der Waals surface area contributed by atoms with Crippen molar-refractivity contribution in [1.82, 2.24) is 14.9 Å². The lowest BCUT2D eigenvalue weighted by Gasteiger charge is -2.32. The van der Waals surface area contributed by atoms with E-state index in [1.165, 1.54) is 0 Å². The zero-order valence-corrected chi connectivity index (χ0v) is 15.0. The number of piperazine rings is 1. The Hall–Kier alpha value is -3.03. The van der Waals surface area contributed by atoms with Gasteiger partial charge < -0.3 is 24.6 Å². The van der Waals surface area contributed by atoms with E-state index >= 15 is 0 Å². The molecule has 1 aliphatic rings. The lowest BCUT2D eigenvalue weighted by molar-refractivity contribution is -0.118. The summed E-state index contributed by atoms with van der Waals surface area (Å²) in [5.74, 6) is 2.83. The average molecular weight is 357 g/mol. The molecule has 8 nitrogen and oxygen atoms in total. The van der Waals surface area contributed by atoms with E-state index in [1.54, 1.807) is 25.3 Å². The molecule has 1 aliphatic heterocycles. The molecule has 1 aromatic carbocycles. The van der Waals surface area contributed by atoms with Gasteiger partial charge in [-0.15, -0.1) is 0 Å². The Morgan fingerprint density at radius 3 is 2.58 bits per heavy atom. The summed E-state index contributed by atoms with van der Waals surface area (Å²) in [6.07, 6.45) is 2.63. The molecule has 0 radical (unpaired) electrons. The van der Waals surface area contributed by atoms with Crippen LogP contribution in [0.15, 0.2) is 30.5 Å². The van der Waals surface area contributed by atoms with Crippen molar-refractivity contribution in [1.29, 1.82) is 0 Å². The molecule has 2 aromatic rings. The Bertz CT molecular complexity index is 747.